The van der Waals surface area contributed by atoms with Crippen LogP contribution in [0.1, 0.15) is 232 Å². The SMILES string of the molecule is CC/C=C\C/C=C\C/C=C\C/C=C\C/C=C\C/C=C\CCCCCCCCCOCC(COC1OC(CO)C(O)C(OS(=O)(=O)O)C1O)OC(=O)CCCCCCCCCCCCC/C=C\C/C=C\CCCCCCC. The van der Waals surface area contributed by atoms with Crippen molar-refractivity contribution in [1.29, 1.82) is 0 Å². The van der Waals surface area contributed by atoms with Crippen LogP contribution in [-0.2, 0) is 38.3 Å². The van der Waals surface area contributed by atoms with Gasteiger partial charge in [0.1, 0.15) is 30.5 Å². The lowest BCUT2D eigenvalue weighted by molar-refractivity contribution is -0.301. The van der Waals surface area contributed by atoms with Gasteiger partial charge in [-0.05, 0) is 96.3 Å². The molecule has 0 amide bonds. The highest BCUT2D eigenvalue weighted by atomic mass is 32.3. The predicted molar refractivity (Wildman–Crippen MR) is 312 cm³/mol. The number of rotatable bonds is 52. The number of esters is 1. The molecule has 1 rings (SSSR count). The van der Waals surface area contributed by atoms with E-state index in [4.69, 9.17) is 18.9 Å². The van der Waals surface area contributed by atoms with Gasteiger partial charge in [-0.1, -0.05) is 227 Å². The van der Waals surface area contributed by atoms with E-state index in [9.17, 15) is 33.1 Å². The molecule has 1 fully saturated rings. The predicted octanol–water partition coefficient (Wildman–Crippen LogP) is 15.3. The lowest BCUT2D eigenvalue weighted by Crippen LogP contribution is -2.60. The van der Waals surface area contributed by atoms with Crippen LogP contribution in [0.3, 0.4) is 0 Å². The summed E-state index contributed by atoms with van der Waals surface area (Å²) in [5.41, 5.74) is 0. The molecule has 1 aliphatic heterocycles. The molecule has 6 unspecified atom stereocenters. The van der Waals surface area contributed by atoms with Crippen molar-refractivity contribution in [2.75, 3.05) is 26.4 Å². The number of allylic oxidation sites excluding steroid dienone is 16. The van der Waals surface area contributed by atoms with Crippen molar-refractivity contribution in [3.63, 3.8) is 0 Å². The molecular formula is C63H108O12S. The smallest absolute Gasteiger partial charge is 0.397 e. The van der Waals surface area contributed by atoms with E-state index in [1.54, 1.807) is 0 Å². The van der Waals surface area contributed by atoms with Gasteiger partial charge < -0.3 is 34.3 Å². The Hall–Kier alpha value is -2.98. The maximum Gasteiger partial charge on any atom is 0.397 e. The van der Waals surface area contributed by atoms with Gasteiger partial charge in [0.05, 0.1) is 19.8 Å². The third-order valence-corrected chi connectivity index (χ3v) is 13.7. The first-order chi connectivity index (χ1) is 37.1. The minimum atomic E-state index is -5.08. The summed E-state index contributed by atoms with van der Waals surface area (Å²) in [6, 6.07) is 0. The number of unbranched alkanes of at least 4 members (excludes halogenated alkanes) is 23. The van der Waals surface area contributed by atoms with Crippen LogP contribution in [0.5, 0.6) is 0 Å². The maximum atomic E-state index is 13.0. The second-order valence-electron chi connectivity index (χ2n) is 20.2. The molecule has 1 saturated heterocycles. The molecule has 1 heterocycles. The van der Waals surface area contributed by atoms with E-state index < -0.39 is 59.8 Å². The van der Waals surface area contributed by atoms with Gasteiger partial charge >= 0.3 is 16.4 Å². The highest BCUT2D eigenvalue weighted by molar-refractivity contribution is 7.80. The molecular weight excluding hydrogens is 981 g/mol. The van der Waals surface area contributed by atoms with Gasteiger partial charge in [-0.25, -0.2) is 4.18 Å². The summed E-state index contributed by atoms with van der Waals surface area (Å²) in [7, 11) is -5.08. The summed E-state index contributed by atoms with van der Waals surface area (Å²) in [5, 5.41) is 30.9. The molecule has 438 valence electrons. The zero-order valence-electron chi connectivity index (χ0n) is 47.5. The van der Waals surface area contributed by atoms with Crippen LogP contribution >= 0.6 is 0 Å². The average Bonchev–Trinajstić information content (AvgIpc) is 3.40. The Bertz CT molecular complexity index is 1680. The molecule has 0 bridgehead atoms. The van der Waals surface area contributed by atoms with Crippen molar-refractivity contribution in [2.24, 2.45) is 0 Å². The first-order valence-corrected chi connectivity index (χ1v) is 31.4. The highest BCUT2D eigenvalue weighted by Crippen LogP contribution is 2.26. The van der Waals surface area contributed by atoms with Gasteiger partial charge in [0, 0.05) is 13.0 Å². The Morgan fingerprint density at radius 3 is 1.33 bits per heavy atom. The van der Waals surface area contributed by atoms with E-state index in [-0.39, 0.29) is 19.6 Å². The lowest BCUT2D eigenvalue weighted by Gasteiger charge is -2.41. The minimum Gasteiger partial charge on any atom is -0.457 e. The van der Waals surface area contributed by atoms with E-state index in [0.29, 0.717) is 13.0 Å². The van der Waals surface area contributed by atoms with E-state index in [2.05, 4.69) is 115 Å². The molecule has 0 aromatic rings. The third kappa shape index (κ3) is 44.9. The third-order valence-electron chi connectivity index (χ3n) is 13.2. The number of carbonyl (C=O) groups excluding carboxylic acids is 1. The quantitative estimate of drug-likeness (QED) is 0.0196. The Kier molecular flexibility index (Phi) is 49.3. The van der Waals surface area contributed by atoms with Gasteiger partial charge in [0.2, 0.25) is 0 Å². The maximum absolute atomic E-state index is 13.0. The highest BCUT2D eigenvalue weighted by Gasteiger charge is 2.48. The first kappa shape index (κ1) is 71.0. The fraction of sp³-hybridized carbons (Fsp3) is 0.730. The molecule has 0 aromatic heterocycles. The second-order valence-corrected chi connectivity index (χ2v) is 21.3. The van der Waals surface area contributed by atoms with Gasteiger partial charge in [-0.2, -0.15) is 8.42 Å². The summed E-state index contributed by atoms with van der Waals surface area (Å²) in [6.07, 6.45) is 64.4. The topological polar surface area (TPSA) is 178 Å². The Balaban J connectivity index is 2.31. The van der Waals surface area contributed by atoms with Gasteiger partial charge in [0.15, 0.2) is 6.29 Å². The molecule has 13 heteroatoms. The molecule has 76 heavy (non-hydrogen) atoms. The zero-order chi connectivity index (χ0) is 55.3. The molecule has 0 radical (unpaired) electrons. The van der Waals surface area contributed by atoms with Crippen molar-refractivity contribution in [3.05, 3.63) is 97.2 Å². The molecule has 6 atom stereocenters. The standard InChI is InChI=1S/C63H108O12S/c1-3-5-7-9-11-13-15-17-19-21-23-25-27-28-29-31-33-35-37-39-41-43-45-47-49-51-53-71-55-57(56-72-63-61(67)62(75-76(68,69)70)60(66)58(54-64)74-63)73-59(65)52-50-48-46-44-42-40-38-36-34-32-30-26-24-22-20-18-16-14-12-10-8-6-4-2/h5,7,11,13,16-19,22-25,28-29,33,35,57-58,60-64,66-67H,3-4,6,8-10,12,14-15,20-21,26-27,30-32,34,36-56H2,1-2H3,(H,68,69,70)/b7-5-,13-11-,18-16-,19-17-,24-22-,25-23-,29-28-,35-33-. The van der Waals surface area contributed by atoms with Crippen LogP contribution in [0, 0.1) is 0 Å². The normalized spacial score (nSPS) is 19.3. The van der Waals surface area contributed by atoms with Crippen molar-refractivity contribution in [3.8, 4) is 0 Å². The fourth-order valence-corrected chi connectivity index (χ4v) is 9.22. The van der Waals surface area contributed by atoms with Crippen LogP contribution in [0.2, 0.25) is 0 Å². The van der Waals surface area contributed by atoms with Crippen LogP contribution in [0.25, 0.3) is 0 Å². The number of aliphatic hydroxyl groups excluding tert-OH is 3. The molecule has 0 aliphatic carbocycles. The van der Waals surface area contributed by atoms with E-state index in [1.807, 2.05) is 0 Å². The number of hydrogen-bond acceptors (Lipinski definition) is 11. The first-order valence-electron chi connectivity index (χ1n) is 30.0. The van der Waals surface area contributed by atoms with E-state index >= 15 is 0 Å². The van der Waals surface area contributed by atoms with Crippen LogP contribution in [0.15, 0.2) is 97.2 Å². The summed E-state index contributed by atoms with van der Waals surface area (Å²) in [4.78, 5) is 13.0. The van der Waals surface area contributed by atoms with Crippen molar-refractivity contribution in [2.45, 2.75) is 269 Å². The van der Waals surface area contributed by atoms with Gasteiger partial charge in [0.25, 0.3) is 0 Å². The molecule has 4 N–H and O–H groups in total. The number of hydrogen-bond donors (Lipinski definition) is 4. The van der Waals surface area contributed by atoms with E-state index in [0.717, 1.165) is 96.3 Å². The second kappa shape index (κ2) is 52.7. The largest absolute Gasteiger partial charge is 0.457 e. The van der Waals surface area contributed by atoms with Crippen molar-refractivity contribution >= 4 is 16.4 Å². The van der Waals surface area contributed by atoms with Gasteiger partial charge in [-0.15, -0.1) is 0 Å². The monoisotopic (exact) mass is 1090 g/mol. The average molecular weight is 1090 g/mol. The Morgan fingerprint density at radius 2 is 0.908 bits per heavy atom. The summed E-state index contributed by atoms with van der Waals surface area (Å²) in [5.74, 6) is -0.407. The van der Waals surface area contributed by atoms with Crippen molar-refractivity contribution < 1.29 is 56.2 Å². The summed E-state index contributed by atoms with van der Waals surface area (Å²) in [6.45, 7) is 3.85. The molecule has 0 spiro atoms. The molecule has 0 saturated carbocycles. The number of aliphatic hydroxyl groups is 3. The van der Waals surface area contributed by atoms with E-state index in [1.165, 1.54) is 109 Å². The Labute approximate surface area is 463 Å². The number of ether oxygens (including phenoxy) is 4. The Morgan fingerprint density at radius 1 is 0.513 bits per heavy atom. The van der Waals surface area contributed by atoms with Crippen LogP contribution < -0.4 is 0 Å². The zero-order valence-corrected chi connectivity index (χ0v) is 48.4. The lowest BCUT2D eigenvalue weighted by atomic mass is 9.99. The van der Waals surface area contributed by atoms with Crippen LogP contribution in [-0.4, -0.2) is 97.5 Å². The molecule has 1 aliphatic rings. The minimum absolute atomic E-state index is 0.0222. The number of carbonyl (C=O) groups is 1. The van der Waals surface area contributed by atoms with Gasteiger partial charge in [-0.3, -0.25) is 9.35 Å². The fourth-order valence-electron chi connectivity index (χ4n) is 8.71. The summed E-state index contributed by atoms with van der Waals surface area (Å²) < 4.78 is 59.5. The van der Waals surface area contributed by atoms with Crippen molar-refractivity contribution in [1.82, 2.24) is 0 Å². The molecule has 12 nitrogen and oxygen atoms in total. The molecule has 0 aromatic carbocycles. The van der Waals surface area contributed by atoms with Crippen LogP contribution in [0.4, 0.5) is 0 Å². The summed E-state index contributed by atoms with van der Waals surface area (Å²) >= 11 is 0.